The standard InChI is InChI=1S/C15H16N4/c16-8-5-12-11-19(15-4-2-1-3-14(12)15)18-13-6-9-17-10-7-13/h1-4,6-7,9-11H,5,8,16H2,(H,17,18). The Morgan fingerprint density at radius 3 is 2.68 bits per heavy atom. The molecule has 2 aromatic heterocycles. The van der Waals surface area contributed by atoms with Gasteiger partial charge in [-0.1, -0.05) is 18.2 Å². The monoisotopic (exact) mass is 252 g/mol. The summed E-state index contributed by atoms with van der Waals surface area (Å²) in [4.78, 5) is 4.02. The molecule has 1 aromatic carbocycles. The zero-order valence-electron chi connectivity index (χ0n) is 10.6. The number of pyridine rings is 1. The number of hydrogen-bond acceptors (Lipinski definition) is 3. The number of nitrogens with one attached hydrogen (secondary N) is 1. The molecule has 0 bridgehead atoms. The molecular formula is C15H16N4. The van der Waals surface area contributed by atoms with Crippen molar-refractivity contribution >= 4 is 16.6 Å². The van der Waals surface area contributed by atoms with Crippen molar-refractivity contribution in [2.75, 3.05) is 12.0 Å². The molecule has 2 heterocycles. The first-order valence-corrected chi connectivity index (χ1v) is 6.34. The summed E-state index contributed by atoms with van der Waals surface area (Å²) >= 11 is 0. The van der Waals surface area contributed by atoms with E-state index in [0.29, 0.717) is 6.54 Å². The summed E-state index contributed by atoms with van der Waals surface area (Å²) in [5.74, 6) is 0. The summed E-state index contributed by atoms with van der Waals surface area (Å²) in [7, 11) is 0. The van der Waals surface area contributed by atoms with Crippen molar-refractivity contribution in [2.24, 2.45) is 5.73 Å². The molecule has 0 saturated heterocycles. The lowest BCUT2D eigenvalue weighted by Gasteiger charge is -2.08. The molecule has 0 atom stereocenters. The van der Waals surface area contributed by atoms with Gasteiger partial charge in [0.1, 0.15) is 0 Å². The van der Waals surface area contributed by atoms with E-state index >= 15 is 0 Å². The van der Waals surface area contributed by atoms with Gasteiger partial charge in [0.15, 0.2) is 0 Å². The number of anilines is 1. The lowest BCUT2D eigenvalue weighted by Crippen LogP contribution is -2.07. The van der Waals surface area contributed by atoms with Gasteiger partial charge in [-0.2, -0.15) is 0 Å². The number of nitrogens with two attached hydrogens (primary N) is 1. The fourth-order valence-corrected chi connectivity index (χ4v) is 2.26. The highest BCUT2D eigenvalue weighted by Gasteiger charge is 2.07. The molecule has 4 heteroatoms. The van der Waals surface area contributed by atoms with Crippen molar-refractivity contribution in [3.05, 3.63) is 60.6 Å². The molecule has 0 amide bonds. The predicted octanol–water partition coefficient (Wildman–Crippen LogP) is 2.41. The van der Waals surface area contributed by atoms with Gasteiger partial charge in [-0.05, 0) is 36.7 Å². The molecule has 3 aromatic rings. The molecule has 0 aliphatic carbocycles. The highest BCUT2D eigenvalue weighted by Crippen LogP contribution is 2.21. The fraction of sp³-hybridized carbons (Fsp3) is 0.133. The molecule has 0 saturated carbocycles. The highest BCUT2D eigenvalue weighted by molar-refractivity contribution is 5.84. The minimum absolute atomic E-state index is 0.656. The van der Waals surface area contributed by atoms with Gasteiger partial charge in [0, 0.05) is 24.0 Å². The smallest absolute Gasteiger partial charge is 0.0699 e. The highest BCUT2D eigenvalue weighted by atomic mass is 15.4. The predicted molar refractivity (Wildman–Crippen MR) is 78.0 cm³/mol. The molecule has 3 rings (SSSR count). The largest absolute Gasteiger partial charge is 0.330 e. The van der Waals surface area contributed by atoms with Gasteiger partial charge in [-0.3, -0.25) is 15.1 Å². The summed E-state index contributed by atoms with van der Waals surface area (Å²) in [6.45, 7) is 0.656. The molecule has 96 valence electrons. The van der Waals surface area contributed by atoms with E-state index in [2.05, 4.69) is 34.8 Å². The minimum atomic E-state index is 0.656. The zero-order chi connectivity index (χ0) is 13.1. The van der Waals surface area contributed by atoms with Crippen LogP contribution in [-0.2, 0) is 6.42 Å². The molecular weight excluding hydrogens is 236 g/mol. The van der Waals surface area contributed by atoms with Crippen LogP contribution in [0.1, 0.15) is 5.56 Å². The van der Waals surface area contributed by atoms with Crippen LogP contribution < -0.4 is 11.2 Å². The Kier molecular flexibility index (Phi) is 3.16. The van der Waals surface area contributed by atoms with Crippen LogP contribution >= 0.6 is 0 Å². The van der Waals surface area contributed by atoms with Crippen LogP contribution in [-0.4, -0.2) is 16.2 Å². The van der Waals surface area contributed by atoms with Crippen molar-refractivity contribution in [1.29, 1.82) is 0 Å². The van der Waals surface area contributed by atoms with Gasteiger partial charge in [0.05, 0.1) is 11.2 Å². The summed E-state index contributed by atoms with van der Waals surface area (Å²) in [6, 6.07) is 12.2. The van der Waals surface area contributed by atoms with Crippen molar-refractivity contribution in [2.45, 2.75) is 6.42 Å². The van der Waals surface area contributed by atoms with Gasteiger partial charge in [0.25, 0.3) is 0 Å². The Morgan fingerprint density at radius 2 is 1.89 bits per heavy atom. The molecule has 0 spiro atoms. The van der Waals surface area contributed by atoms with Crippen LogP contribution in [0, 0.1) is 0 Å². The first-order chi connectivity index (χ1) is 9.38. The number of para-hydroxylation sites is 1. The van der Waals surface area contributed by atoms with Gasteiger partial charge in [0.2, 0.25) is 0 Å². The number of aromatic nitrogens is 2. The molecule has 0 fully saturated rings. The second-order valence-electron chi connectivity index (χ2n) is 4.43. The molecule has 0 radical (unpaired) electrons. The van der Waals surface area contributed by atoms with E-state index in [4.69, 9.17) is 5.73 Å². The molecule has 19 heavy (non-hydrogen) atoms. The minimum Gasteiger partial charge on any atom is -0.330 e. The van der Waals surface area contributed by atoms with Gasteiger partial charge in [-0.25, -0.2) is 0 Å². The van der Waals surface area contributed by atoms with Gasteiger partial charge < -0.3 is 5.73 Å². The van der Waals surface area contributed by atoms with Crippen LogP contribution in [0.2, 0.25) is 0 Å². The summed E-state index contributed by atoms with van der Waals surface area (Å²) in [6.07, 6.45) is 6.53. The van der Waals surface area contributed by atoms with Crippen molar-refractivity contribution in [3.63, 3.8) is 0 Å². The Labute approximate surface area is 111 Å². The maximum Gasteiger partial charge on any atom is 0.0699 e. The number of benzene rings is 1. The third-order valence-electron chi connectivity index (χ3n) is 3.14. The van der Waals surface area contributed by atoms with E-state index in [9.17, 15) is 0 Å². The maximum absolute atomic E-state index is 5.68. The first kappa shape index (κ1) is 11.7. The van der Waals surface area contributed by atoms with Crippen LogP contribution in [0.25, 0.3) is 10.9 Å². The third kappa shape index (κ3) is 2.30. The number of fused-ring (bicyclic) bond motifs is 1. The Hall–Kier alpha value is -2.33. The Morgan fingerprint density at radius 1 is 1.11 bits per heavy atom. The second kappa shape index (κ2) is 5.12. The lowest BCUT2D eigenvalue weighted by atomic mass is 10.1. The van der Waals surface area contributed by atoms with Crippen molar-refractivity contribution in [3.8, 4) is 0 Å². The van der Waals surface area contributed by atoms with E-state index in [1.54, 1.807) is 12.4 Å². The lowest BCUT2D eigenvalue weighted by molar-refractivity contribution is 0.948. The average Bonchev–Trinajstić information content (AvgIpc) is 2.79. The molecule has 4 nitrogen and oxygen atoms in total. The van der Waals surface area contributed by atoms with Crippen LogP contribution in [0.3, 0.4) is 0 Å². The normalized spacial score (nSPS) is 10.8. The maximum atomic E-state index is 5.68. The summed E-state index contributed by atoms with van der Waals surface area (Å²) in [5.41, 5.74) is 12.5. The molecule has 0 unspecified atom stereocenters. The van der Waals surface area contributed by atoms with E-state index < -0.39 is 0 Å². The quantitative estimate of drug-likeness (QED) is 0.749. The number of hydrogen-bond donors (Lipinski definition) is 2. The van der Waals surface area contributed by atoms with Crippen LogP contribution in [0.5, 0.6) is 0 Å². The first-order valence-electron chi connectivity index (χ1n) is 6.34. The van der Waals surface area contributed by atoms with Gasteiger partial charge >= 0.3 is 0 Å². The third-order valence-corrected chi connectivity index (χ3v) is 3.14. The van der Waals surface area contributed by atoms with Crippen LogP contribution in [0.15, 0.2) is 55.0 Å². The van der Waals surface area contributed by atoms with E-state index in [0.717, 1.165) is 17.6 Å². The van der Waals surface area contributed by atoms with Gasteiger partial charge in [-0.15, -0.1) is 0 Å². The summed E-state index contributed by atoms with van der Waals surface area (Å²) < 4.78 is 2.04. The molecule has 0 aliphatic rings. The Bertz CT molecular complexity index is 673. The molecule has 0 aliphatic heterocycles. The topological polar surface area (TPSA) is 55.9 Å². The fourth-order valence-electron chi connectivity index (χ4n) is 2.26. The zero-order valence-corrected chi connectivity index (χ0v) is 10.6. The molecule has 3 N–H and O–H groups in total. The van der Waals surface area contributed by atoms with Crippen molar-refractivity contribution in [1.82, 2.24) is 9.66 Å². The van der Waals surface area contributed by atoms with E-state index in [1.165, 1.54) is 10.9 Å². The Balaban J connectivity index is 2.03. The number of rotatable bonds is 4. The van der Waals surface area contributed by atoms with Crippen LogP contribution in [0.4, 0.5) is 5.69 Å². The second-order valence-corrected chi connectivity index (χ2v) is 4.43. The van der Waals surface area contributed by atoms with E-state index in [1.807, 2.05) is 22.9 Å². The SMILES string of the molecule is NCCc1cn(Nc2ccncc2)c2ccccc12. The van der Waals surface area contributed by atoms with Crippen molar-refractivity contribution < 1.29 is 0 Å². The van der Waals surface area contributed by atoms with E-state index in [-0.39, 0.29) is 0 Å². The summed E-state index contributed by atoms with van der Waals surface area (Å²) in [5, 5.41) is 1.24. The number of nitrogens with zero attached hydrogens (tertiary/aromatic N) is 2. The average molecular weight is 252 g/mol.